The first kappa shape index (κ1) is 16.3. The highest BCUT2D eigenvalue weighted by molar-refractivity contribution is 7.17. The van der Waals surface area contributed by atoms with E-state index in [0.29, 0.717) is 5.82 Å². The van der Waals surface area contributed by atoms with Crippen LogP contribution in [0.25, 0.3) is 28.5 Å². The Hall–Kier alpha value is -3.19. The van der Waals surface area contributed by atoms with Crippen molar-refractivity contribution >= 4 is 28.4 Å². The number of para-hydroxylation sites is 2. The zero-order valence-electron chi connectivity index (χ0n) is 14.3. The van der Waals surface area contributed by atoms with Crippen molar-refractivity contribution in [3.8, 4) is 22.9 Å². The highest BCUT2D eigenvalue weighted by Gasteiger charge is 2.15. The van der Waals surface area contributed by atoms with Crippen LogP contribution in [0.3, 0.4) is 0 Å². The fourth-order valence-electron chi connectivity index (χ4n) is 2.66. The molecule has 4 aromatic rings. The minimum Gasteiger partial charge on any atom is -0.496 e. The summed E-state index contributed by atoms with van der Waals surface area (Å²) in [5, 5.41) is 13.9. The van der Waals surface area contributed by atoms with E-state index < -0.39 is 0 Å². The summed E-state index contributed by atoms with van der Waals surface area (Å²) >= 11 is 1.47. The smallest absolute Gasteiger partial charge is 0.235 e. The highest BCUT2D eigenvalue weighted by Crippen LogP contribution is 2.30. The van der Waals surface area contributed by atoms with Gasteiger partial charge in [-0.05, 0) is 30.4 Å². The summed E-state index contributed by atoms with van der Waals surface area (Å²) in [5.74, 6) is 2.22. The lowest BCUT2D eigenvalue weighted by Crippen LogP contribution is -1.94. The number of methoxy groups -OCH3 is 2. The summed E-state index contributed by atoms with van der Waals surface area (Å²) in [7, 11) is 3.30. The van der Waals surface area contributed by atoms with Crippen molar-refractivity contribution < 1.29 is 9.47 Å². The normalized spacial score (nSPS) is 11.3. The number of fused-ring (bicyclic) bond motifs is 1. The van der Waals surface area contributed by atoms with E-state index in [0.717, 1.165) is 32.6 Å². The zero-order valence-corrected chi connectivity index (χ0v) is 15.1. The molecule has 0 atom stereocenters. The average Bonchev–Trinajstić information content (AvgIpc) is 3.26. The third kappa shape index (κ3) is 2.93. The monoisotopic (exact) mass is 364 g/mol. The summed E-state index contributed by atoms with van der Waals surface area (Å²) in [6.45, 7) is 0. The van der Waals surface area contributed by atoms with Gasteiger partial charge in [0.2, 0.25) is 4.96 Å². The summed E-state index contributed by atoms with van der Waals surface area (Å²) in [6, 6.07) is 15.5. The molecule has 2 aromatic heterocycles. The second kappa shape index (κ2) is 6.97. The van der Waals surface area contributed by atoms with E-state index in [2.05, 4.69) is 15.3 Å². The quantitative estimate of drug-likeness (QED) is 0.535. The molecule has 0 bridgehead atoms. The lowest BCUT2D eigenvalue weighted by Gasteiger charge is -2.04. The summed E-state index contributed by atoms with van der Waals surface area (Å²) in [4.78, 5) is 0.727. The Morgan fingerprint density at radius 3 is 2.42 bits per heavy atom. The Labute approximate surface area is 154 Å². The Morgan fingerprint density at radius 1 is 0.885 bits per heavy atom. The second-order valence-electron chi connectivity index (χ2n) is 5.43. The van der Waals surface area contributed by atoms with Crippen molar-refractivity contribution in [2.24, 2.45) is 0 Å². The minimum absolute atomic E-state index is 0.658. The van der Waals surface area contributed by atoms with Crippen molar-refractivity contribution in [1.82, 2.24) is 19.8 Å². The topological polar surface area (TPSA) is 61.5 Å². The molecule has 4 rings (SSSR count). The molecule has 0 saturated heterocycles. The van der Waals surface area contributed by atoms with E-state index in [9.17, 15) is 0 Å². The van der Waals surface area contributed by atoms with Crippen LogP contribution in [0.2, 0.25) is 0 Å². The largest absolute Gasteiger partial charge is 0.496 e. The van der Waals surface area contributed by atoms with Crippen molar-refractivity contribution in [2.75, 3.05) is 14.2 Å². The van der Waals surface area contributed by atoms with Crippen molar-refractivity contribution in [3.63, 3.8) is 0 Å². The second-order valence-corrected chi connectivity index (χ2v) is 6.42. The lowest BCUT2D eigenvalue weighted by atomic mass is 10.2. The summed E-state index contributed by atoms with van der Waals surface area (Å²) in [5.41, 5.74) is 1.85. The SMILES string of the molecule is COc1ccccc1/C=C\c1nn2c(-c3ccccc3OC)nnc2s1. The molecule has 0 radical (unpaired) electrons. The number of benzene rings is 2. The van der Waals surface area contributed by atoms with Gasteiger partial charge in [-0.25, -0.2) is 0 Å². The number of ether oxygens (including phenoxy) is 2. The molecule has 2 aromatic carbocycles. The first-order valence-electron chi connectivity index (χ1n) is 7.97. The maximum Gasteiger partial charge on any atom is 0.235 e. The number of rotatable bonds is 5. The third-order valence-electron chi connectivity index (χ3n) is 3.90. The predicted octanol–water partition coefficient (Wildman–Crippen LogP) is 4.04. The molecule has 7 heteroatoms. The van der Waals surface area contributed by atoms with Gasteiger partial charge < -0.3 is 9.47 Å². The number of hydrogen-bond donors (Lipinski definition) is 0. The predicted molar refractivity (Wildman–Crippen MR) is 103 cm³/mol. The van der Waals surface area contributed by atoms with E-state index in [4.69, 9.17) is 9.47 Å². The fourth-order valence-corrected chi connectivity index (χ4v) is 3.40. The van der Waals surface area contributed by atoms with Crippen LogP contribution < -0.4 is 9.47 Å². The van der Waals surface area contributed by atoms with Gasteiger partial charge in [0.25, 0.3) is 0 Å². The molecule has 26 heavy (non-hydrogen) atoms. The van der Waals surface area contributed by atoms with Crippen LogP contribution in [0.5, 0.6) is 11.5 Å². The molecule has 2 heterocycles. The van der Waals surface area contributed by atoms with Gasteiger partial charge in [-0.2, -0.15) is 9.61 Å². The Balaban J connectivity index is 1.71. The molecule has 0 fully saturated rings. The molecular formula is C19H16N4O2S. The number of hydrogen-bond acceptors (Lipinski definition) is 6. The summed E-state index contributed by atoms with van der Waals surface area (Å²) < 4.78 is 12.5. The van der Waals surface area contributed by atoms with Gasteiger partial charge in [-0.1, -0.05) is 41.7 Å². The van der Waals surface area contributed by atoms with Crippen molar-refractivity contribution in [3.05, 3.63) is 59.1 Å². The Morgan fingerprint density at radius 2 is 1.62 bits per heavy atom. The Bertz CT molecular complexity index is 1080. The van der Waals surface area contributed by atoms with E-state index in [1.807, 2.05) is 60.7 Å². The zero-order chi connectivity index (χ0) is 17.9. The van der Waals surface area contributed by atoms with E-state index >= 15 is 0 Å². The molecule has 0 amide bonds. The van der Waals surface area contributed by atoms with Gasteiger partial charge in [0.15, 0.2) is 5.82 Å². The van der Waals surface area contributed by atoms with E-state index in [1.165, 1.54) is 11.3 Å². The van der Waals surface area contributed by atoms with Gasteiger partial charge >= 0.3 is 0 Å². The number of nitrogens with zero attached hydrogens (tertiary/aromatic N) is 4. The average molecular weight is 364 g/mol. The molecule has 130 valence electrons. The molecular weight excluding hydrogens is 348 g/mol. The van der Waals surface area contributed by atoms with Crippen LogP contribution in [-0.2, 0) is 0 Å². The molecule has 0 N–H and O–H groups in total. The molecule has 0 aliphatic carbocycles. The van der Waals surface area contributed by atoms with Crippen molar-refractivity contribution in [1.29, 1.82) is 0 Å². The van der Waals surface area contributed by atoms with Crippen LogP contribution in [0.1, 0.15) is 10.6 Å². The molecule has 0 aliphatic rings. The first-order valence-corrected chi connectivity index (χ1v) is 8.78. The van der Waals surface area contributed by atoms with E-state index in [1.54, 1.807) is 18.7 Å². The van der Waals surface area contributed by atoms with Crippen molar-refractivity contribution in [2.45, 2.75) is 0 Å². The van der Waals surface area contributed by atoms with Crippen LogP contribution in [0.15, 0.2) is 48.5 Å². The van der Waals surface area contributed by atoms with Gasteiger partial charge in [0.1, 0.15) is 16.5 Å². The minimum atomic E-state index is 0.658. The van der Waals surface area contributed by atoms with Gasteiger partial charge in [0.05, 0.1) is 19.8 Å². The maximum absolute atomic E-state index is 5.42. The standard InChI is InChI=1S/C19H16N4O2S/c1-24-15-9-5-3-7-13(15)11-12-17-22-23-18(20-21-19(23)26-17)14-8-4-6-10-16(14)25-2/h3-12H,1-2H3/b12-11-. The van der Waals surface area contributed by atoms with E-state index in [-0.39, 0.29) is 0 Å². The number of aromatic nitrogens is 4. The third-order valence-corrected chi connectivity index (χ3v) is 4.76. The lowest BCUT2D eigenvalue weighted by molar-refractivity contribution is 0.414. The maximum atomic E-state index is 5.42. The van der Waals surface area contributed by atoms with Gasteiger partial charge in [-0.3, -0.25) is 0 Å². The molecule has 0 saturated carbocycles. The molecule has 6 nitrogen and oxygen atoms in total. The van der Waals surface area contributed by atoms with Gasteiger partial charge in [0, 0.05) is 5.56 Å². The molecule has 0 aliphatic heterocycles. The van der Waals surface area contributed by atoms with Crippen LogP contribution in [0, 0.1) is 0 Å². The molecule has 0 unspecified atom stereocenters. The summed E-state index contributed by atoms with van der Waals surface area (Å²) in [6.07, 6.45) is 3.93. The van der Waals surface area contributed by atoms with Crippen LogP contribution in [-0.4, -0.2) is 34.0 Å². The highest BCUT2D eigenvalue weighted by atomic mass is 32.1. The van der Waals surface area contributed by atoms with Crippen LogP contribution in [0.4, 0.5) is 0 Å². The van der Waals surface area contributed by atoms with Crippen LogP contribution >= 0.6 is 11.3 Å². The Kier molecular flexibility index (Phi) is 4.37. The van der Waals surface area contributed by atoms with Gasteiger partial charge in [-0.15, -0.1) is 10.2 Å². The fraction of sp³-hybridized carbons (Fsp3) is 0.105. The molecule has 0 spiro atoms. The first-order chi connectivity index (χ1) is 12.8.